The van der Waals surface area contributed by atoms with Gasteiger partial charge in [0.05, 0.1) is 0 Å². The maximum Gasteiger partial charge on any atom is 0.0243 e. The van der Waals surface area contributed by atoms with Crippen molar-refractivity contribution in [3.05, 3.63) is 34.9 Å². The Bertz CT molecular complexity index is 450. The van der Waals surface area contributed by atoms with Gasteiger partial charge in [0.15, 0.2) is 0 Å². The Balaban J connectivity index is 1.58. The highest BCUT2D eigenvalue weighted by atomic mass is 15.2. The summed E-state index contributed by atoms with van der Waals surface area (Å²) in [7, 11) is 0. The highest BCUT2D eigenvalue weighted by Crippen LogP contribution is 2.25. The Hall–Kier alpha value is -0.900. The normalized spacial score (nSPS) is 20.6. The Labute approximate surface area is 123 Å². The molecule has 1 fully saturated rings. The van der Waals surface area contributed by atoms with Crippen molar-refractivity contribution < 1.29 is 0 Å². The second kappa shape index (κ2) is 6.25. The first-order valence-electron chi connectivity index (χ1n) is 8.00. The van der Waals surface area contributed by atoms with Gasteiger partial charge in [0.1, 0.15) is 0 Å². The molecule has 1 N–H and O–H groups in total. The minimum Gasteiger partial charge on any atom is -0.314 e. The molecule has 1 aromatic carbocycles. The molecule has 0 aliphatic carbocycles. The maximum atomic E-state index is 3.42. The molecule has 0 bridgehead atoms. The fourth-order valence-electron chi connectivity index (χ4n) is 3.22. The molecule has 0 spiro atoms. The Morgan fingerprint density at radius 2 is 1.85 bits per heavy atom. The van der Waals surface area contributed by atoms with Crippen LogP contribution in [0.3, 0.4) is 0 Å². The smallest absolute Gasteiger partial charge is 0.0243 e. The number of piperazine rings is 1. The average molecular weight is 273 g/mol. The first-order chi connectivity index (χ1) is 9.72. The molecular weight excluding hydrogens is 246 g/mol. The minimum absolute atomic E-state index is 0.645. The lowest BCUT2D eigenvalue weighted by atomic mass is 10.0. The summed E-state index contributed by atoms with van der Waals surface area (Å²) in [6.45, 7) is 12.7. The Kier molecular flexibility index (Phi) is 4.39. The summed E-state index contributed by atoms with van der Waals surface area (Å²) >= 11 is 0. The number of hydrogen-bond donors (Lipinski definition) is 1. The zero-order chi connectivity index (χ0) is 13.9. The molecule has 0 aromatic heterocycles. The molecule has 3 nitrogen and oxygen atoms in total. The van der Waals surface area contributed by atoms with Crippen molar-refractivity contribution in [1.82, 2.24) is 15.1 Å². The van der Waals surface area contributed by atoms with E-state index < -0.39 is 0 Å². The van der Waals surface area contributed by atoms with Crippen LogP contribution in [0.1, 0.15) is 30.5 Å². The number of nitrogens with one attached hydrogen (secondary N) is 1. The molecule has 1 saturated heterocycles. The fraction of sp³-hybridized carbons (Fsp3) is 0.647. The van der Waals surface area contributed by atoms with Gasteiger partial charge in [-0.15, -0.1) is 0 Å². The number of rotatable bonds is 4. The van der Waals surface area contributed by atoms with Crippen LogP contribution in [0, 0.1) is 0 Å². The first kappa shape index (κ1) is 14.1. The van der Waals surface area contributed by atoms with Crippen LogP contribution in [-0.4, -0.2) is 48.6 Å². The van der Waals surface area contributed by atoms with Crippen LogP contribution in [0.2, 0.25) is 0 Å². The van der Waals surface area contributed by atoms with Gasteiger partial charge in [0.2, 0.25) is 0 Å². The van der Waals surface area contributed by atoms with E-state index >= 15 is 0 Å². The maximum absolute atomic E-state index is 3.42. The van der Waals surface area contributed by atoms with E-state index in [1.165, 1.54) is 37.2 Å². The van der Waals surface area contributed by atoms with Crippen molar-refractivity contribution in [2.24, 2.45) is 0 Å². The third-order valence-corrected chi connectivity index (χ3v) is 4.67. The summed E-state index contributed by atoms with van der Waals surface area (Å²) in [5.41, 5.74) is 4.59. The predicted octanol–water partition coefficient (Wildman–Crippen LogP) is 1.86. The van der Waals surface area contributed by atoms with E-state index in [9.17, 15) is 0 Å². The topological polar surface area (TPSA) is 18.5 Å². The Morgan fingerprint density at radius 1 is 1.10 bits per heavy atom. The van der Waals surface area contributed by atoms with Crippen molar-refractivity contribution in [3.8, 4) is 0 Å². The summed E-state index contributed by atoms with van der Waals surface area (Å²) in [4.78, 5) is 5.12. The first-order valence-corrected chi connectivity index (χ1v) is 8.00. The molecular formula is C17H27N3. The van der Waals surface area contributed by atoms with Crippen molar-refractivity contribution in [2.75, 3.05) is 32.7 Å². The fourth-order valence-corrected chi connectivity index (χ4v) is 3.22. The Morgan fingerprint density at radius 3 is 2.60 bits per heavy atom. The van der Waals surface area contributed by atoms with E-state index in [1.807, 2.05) is 0 Å². The highest BCUT2D eigenvalue weighted by molar-refractivity contribution is 5.35. The zero-order valence-corrected chi connectivity index (χ0v) is 12.9. The van der Waals surface area contributed by atoms with Crippen molar-refractivity contribution in [2.45, 2.75) is 39.4 Å². The van der Waals surface area contributed by atoms with Crippen LogP contribution in [0.4, 0.5) is 0 Å². The molecule has 2 aliphatic heterocycles. The van der Waals surface area contributed by atoms with Gasteiger partial charge in [0.25, 0.3) is 0 Å². The monoisotopic (exact) mass is 273 g/mol. The lowest BCUT2D eigenvalue weighted by molar-refractivity contribution is 0.227. The molecule has 2 heterocycles. The van der Waals surface area contributed by atoms with Gasteiger partial charge in [-0.05, 0) is 37.0 Å². The quantitative estimate of drug-likeness (QED) is 0.903. The molecule has 3 rings (SSSR count). The number of fused-ring (bicyclic) bond motifs is 1. The van der Waals surface area contributed by atoms with Crippen molar-refractivity contribution in [1.29, 1.82) is 0 Å². The van der Waals surface area contributed by atoms with E-state index in [2.05, 4.69) is 47.2 Å². The molecule has 110 valence electrons. The molecule has 0 unspecified atom stereocenters. The summed E-state index contributed by atoms with van der Waals surface area (Å²) in [5, 5.41) is 3.42. The van der Waals surface area contributed by atoms with Gasteiger partial charge in [-0.25, -0.2) is 0 Å². The van der Waals surface area contributed by atoms with Crippen LogP contribution >= 0.6 is 0 Å². The SMILES string of the molecule is CC(C)N1Cc2ccc(CCN3CCNCC3)cc2C1. The molecule has 0 amide bonds. The third kappa shape index (κ3) is 3.22. The van der Waals surface area contributed by atoms with Crippen LogP contribution in [0.15, 0.2) is 18.2 Å². The lowest BCUT2D eigenvalue weighted by Crippen LogP contribution is -2.44. The molecule has 3 heteroatoms. The van der Waals surface area contributed by atoms with Crippen LogP contribution in [0.25, 0.3) is 0 Å². The van der Waals surface area contributed by atoms with Gasteiger partial charge in [0, 0.05) is 51.9 Å². The molecule has 2 aliphatic rings. The van der Waals surface area contributed by atoms with E-state index in [0.717, 1.165) is 26.2 Å². The van der Waals surface area contributed by atoms with Gasteiger partial charge in [-0.1, -0.05) is 18.2 Å². The largest absolute Gasteiger partial charge is 0.314 e. The summed E-state index contributed by atoms with van der Waals surface area (Å²) in [6, 6.07) is 7.78. The summed E-state index contributed by atoms with van der Waals surface area (Å²) in [6.07, 6.45) is 1.19. The van der Waals surface area contributed by atoms with E-state index in [1.54, 1.807) is 5.56 Å². The molecule has 0 radical (unpaired) electrons. The summed E-state index contributed by atoms with van der Waals surface area (Å²) < 4.78 is 0. The third-order valence-electron chi connectivity index (χ3n) is 4.67. The standard InChI is InChI=1S/C17H27N3/c1-14(2)20-12-16-4-3-15(11-17(16)13-20)5-8-19-9-6-18-7-10-19/h3-4,11,14,18H,5-10,12-13H2,1-2H3. The van der Waals surface area contributed by atoms with Gasteiger partial charge >= 0.3 is 0 Å². The predicted molar refractivity (Wildman–Crippen MR) is 83.8 cm³/mol. The highest BCUT2D eigenvalue weighted by Gasteiger charge is 2.21. The lowest BCUT2D eigenvalue weighted by Gasteiger charge is -2.27. The van der Waals surface area contributed by atoms with Gasteiger partial charge < -0.3 is 10.2 Å². The van der Waals surface area contributed by atoms with Crippen molar-refractivity contribution >= 4 is 0 Å². The minimum atomic E-state index is 0.645. The van der Waals surface area contributed by atoms with Crippen LogP contribution in [-0.2, 0) is 19.5 Å². The number of benzene rings is 1. The number of nitrogens with zero attached hydrogens (tertiary/aromatic N) is 2. The molecule has 20 heavy (non-hydrogen) atoms. The van der Waals surface area contributed by atoms with Gasteiger partial charge in [-0.3, -0.25) is 4.90 Å². The van der Waals surface area contributed by atoms with E-state index in [0.29, 0.717) is 6.04 Å². The zero-order valence-electron chi connectivity index (χ0n) is 12.9. The van der Waals surface area contributed by atoms with Crippen molar-refractivity contribution in [3.63, 3.8) is 0 Å². The molecule has 0 saturated carbocycles. The molecule has 1 aromatic rings. The second-order valence-electron chi connectivity index (χ2n) is 6.44. The van der Waals surface area contributed by atoms with E-state index in [-0.39, 0.29) is 0 Å². The van der Waals surface area contributed by atoms with Gasteiger partial charge in [-0.2, -0.15) is 0 Å². The second-order valence-corrected chi connectivity index (χ2v) is 6.44. The number of hydrogen-bond acceptors (Lipinski definition) is 3. The van der Waals surface area contributed by atoms with E-state index in [4.69, 9.17) is 0 Å². The van der Waals surface area contributed by atoms with Crippen LogP contribution < -0.4 is 5.32 Å². The summed E-state index contributed by atoms with van der Waals surface area (Å²) in [5.74, 6) is 0. The molecule has 0 atom stereocenters. The van der Waals surface area contributed by atoms with Crippen LogP contribution in [0.5, 0.6) is 0 Å². The average Bonchev–Trinajstić information content (AvgIpc) is 2.89.